The molecular weight excluding hydrogens is 230 g/mol. The van der Waals surface area contributed by atoms with Gasteiger partial charge in [-0.3, -0.25) is 4.79 Å². The zero-order valence-corrected chi connectivity index (χ0v) is 10.6. The lowest BCUT2D eigenvalue weighted by atomic mass is 10.1. The van der Waals surface area contributed by atoms with Crippen LogP contribution in [0, 0.1) is 0 Å². The standard InChI is InChI=1S/C14H17NO3/c1-3-15-9-10(4-7-14(16)17)12-8-11(18-2)5-6-13(12)15/h5-6,8-9H,3-4,7H2,1-2H3,(H,16,17). The van der Waals surface area contributed by atoms with Crippen LogP contribution >= 0.6 is 0 Å². The SMILES string of the molecule is CCn1cc(CCC(=O)O)c2cc(OC)ccc21. The van der Waals surface area contributed by atoms with Gasteiger partial charge in [0.15, 0.2) is 0 Å². The fourth-order valence-electron chi connectivity index (χ4n) is 2.18. The number of aryl methyl sites for hydroxylation is 2. The van der Waals surface area contributed by atoms with Gasteiger partial charge in [-0.05, 0) is 37.1 Å². The van der Waals surface area contributed by atoms with E-state index in [-0.39, 0.29) is 6.42 Å². The predicted octanol–water partition coefficient (Wildman–Crippen LogP) is 2.69. The Morgan fingerprint density at radius 2 is 2.22 bits per heavy atom. The molecule has 4 heteroatoms. The second-order valence-corrected chi connectivity index (χ2v) is 4.22. The maximum Gasteiger partial charge on any atom is 0.303 e. The number of aromatic nitrogens is 1. The van der Waals surface area contributed by atoms with Crippen molar-refractivity contribution in [2.75, 3.05) is 7.11 Å². The molecule has 0 saturated carbocycles. The van der Waals surface area contributed by atoms with Gasteiger partial charge in [-0.25, -0.2) is 0 Å². The molecule has 0 unspecified atom stereocenters. The normalized spacial score (nSPS) is 10.8. The molecule has 0 bridgehead atoms. The van der Waals surface area contributed by atoms with E-state index in [4.69, 9.17) is 9.84 Å². The highest BCUT2D eigenvalue weighted by Gasteiger charge is 2.10. The summed E-state index contributed by atoms with van der Waals surface area (Å²) in [6.45, 7) is 2.94. The number of carboxylic acid groups (broad SMARTS) is 1. The number of hydrogen-bond donors (Lipinski definition) is 1. The van der Waals surface area contributed by atoms with Crippen LogP contribution in [0.15, 0.2) is 24.4 Å². The van der Waals surface area contributed by atoms with Crippen molar-refractivity contribution in [3.63, 3.8) is 0 Å². The minimum Gasteiger partial charge on any atom is -0.497 e. The largest absolute Gasteiger partial charge is 0.497 e. The molecule has 0 amide bonds. The van der Waals surface area contributed by atoms with E-state index in [1.165, 1.54) is 0 Å². The first-order valence-electron chi connectivity index (χ1n) is 6.03. The second-order valence-electron chi connectivity index (χ2n) is 4.22. The summed E-state index contributed by atoms with van der Waals surface area (Å²) >= 11 is 0. The molecule has 1 aromatic heterocycles. The van der Waals surface area contributed by atoms with Crippen molar-refractivity contribution in [2.24, 2.45) is 0 Å². The summed E-state index contributed by atoms with van der Waals surface area (Å²) in [5.74, 6) is 0.0308. The number of aliphatic carboxylic acids is 1. The summed E-state index contributed by atoms with van der Waals surface area (Å²) in [6, 6.07) is 5.91. The summed E-state index contributed by atoms with van der Waals surface area (Å²) in [6.07, 6.45) is 2.74. The molecule has 4 nitrogen and oxygen atoms in total. The molecule has 0 aliphatic rings. The lowest BCUT2D eigenvalue weighted by Gasteiger charge is -2.02. The molecule has 1 heterocycles. The summed E-state index contributed by atoms with van der Waals surface area (Å²) in [5, 5.41) is 9.86. The van der Waals surface area contributed by atoms with E-state index >= 15 is 0 Å². The fraction of sp³-hybridized carbons (Fsp3) is 0.357. The molecule has 0 spiro atoms. The molecule has 0 radical (unpaired) electrons. The topological polar surface area (TPSA) is 51.5 Å². The van der Waals surface area contributed by atoms with Gasteiger partial charge in [0.2, 0.25) is 0 Å². The Labute approximate surface area is 106 Å². The third-order valence-electron chi connectivity index (χ3n) is 3.12. The van der Waals surface area contributed by atoms with Gasteiger partial charge in [-0.1, -0.05) is 0 Å². The van der Waals surface area contributed by atoms with Gasteiger partial charge < -0.3 is 14.4 Å². The quantitative estimate of drug-likeness (QED) is 0.883. The average Bonchev–Trinajstić information content (AvgIpc) is 2.73. The highest BCUT2D eigenvalue weighted by molar-refractivity contribution is 5.86. The number of hydrogen-bond acceptors (Lipinski definition) is 2. The van der Waals surface area contributed by atoms with Crippen LogP contribution in [0.25, 0.3) is 10.9 Å². The molecular formula is C14H17NO3. The lowest BCUT2D eigenvalue weighted by Crippen LogP contribution is -1.97. The molecule has 96 valence electrons. The van der Waals surface area contributed by atoms with E-state index in [2.05, 4.69) is 11.5 Å². The van der Waals surface area contributed by atoms with Crippen LogP contribution in [-0.4, -0.2) is 22.8 Å². The van der Waals surface area contributed by atoms with Crippen LogP contribution in [0.5, 0.6) is 5.75 Å². The molecule has 2 rings (SSSR count). The van der Waals surface area contributed by atoms with Crippen molar-refractivity contribution in [1.29, 1.82) is 0 Å². The zero-order valence-electron chi connectivity index (χ0n) is 10.6. The van der Waals surface area contributed by atoms with Crippen molar-refractivity contribution in [3.05, 3.63) is 30.0 Å². The zero-order chi connectivity index (χ0) is 13.1. The Kier molecular flexibility index (Phi) is 3.55. The summed E-state index contributed by atoms with van der Waals surface area (Å²) in [4.78, 5) is 10.7. The lowest BCUT2D eigenvalue weighted by molar-refractivity contribution is -0.136. The third-order valence-corrected chi connectivity index (χ3v) is 3.12. The maximum absolute atomic E-state index is 10.7. The van der Waals surface area contributed by atoms with E-state index in [9.17, 15) is 4.79 Å². The molecule has 1 N–H and O–H groups in total. The van der Waals surface area contributed by atoms with Gasteiger partial charge in [-0.2, -0.15) is 0 Å². The van der Waals surface area contributed by atoms with Gasteiger partial charge in [0.05, 0.1) is 7.11 Å². The van der Waals surface area contributed by atoms with E-state index in [0.717, 1.165) is 28.8 Å². The minimum atomic E-state index is -0.768. The Morgan fingerprint density at radius 1 is 1.44 bits per heavy atom. The number of methoxy groups -OCH3 is 1. The van der Waals surface area contributed by atoms with Crippen molar-refractivity contribution in [3.8, 4) is 5.75 Å². The van der Waals surface area contributed by atoms with Gasteiger partial charge in [-0.15, -0.1) is 0 Å². The Balaban J connectivity index is 2.46. The van der Waals surface area contributed by atoms with Crippen LogP contribution in [0.3, 0.4) is 0 Å². The number of ether oxygens (including phenoxy) is 1. The summed E-state index contributed by atoms with van der Waals surface area (Å²) in [7, 11) is 1.63. The first kappa shape index (κ1) is 12.5. The fourth-order valence-corrected chi connectivity index (χ4v) is 2.18. The van der Waals surface area contributed by atoms with Gasteiger partial charge in [0.1, 0.15) is 5.75 Å². The number of fused-ring (bicyclic) bond motifs is 1. The Bertz CT molecular complexity index is 572. The van der Waals surface area contributed by atoms with E-state index in [1.807, 2.05) is 24.4 Å². The van der Waals surface area contributed by atoms with E-state index < -0.39 is 5.97 Å². The minimum absolute atomic E-state index is 0.153. The number of carboxylic acids is 1. The van der Waals surface area contributed by atoms with Crippen molar-refractivity contribution in [2.45, 2.75) is 26.3 Å². The van der Waals surface area contributed by atoms with Crippen molar-refractivity contribution >= 4 is 16.9 Å². The van der Waals surface area contributed by atoms with Crippen LogP contribution in [0.4, 0.5) is 0 Å². The summed E-state index contributed by atoms with van der Waals surface area (Å²) in [5.41, 5.74) is 2.19. The van der Waals surface area contributed by atoms with Crippen molar-refractivity contribution in [1.82, 2.24) is 4.57 Å². The number of benzene rings is 1. The smallest absolute Gasteiger partial charge is 0.303 e. The first-order valence-corrected chi connectivity index (χ1v) is 6.03. The molecule has 2 aromatic rings. The molecule has 0 aliphatic heterocycles. The van der Waals surface area contributed by atoms with E-state index in [1.54, 1.807) is 7.11 Å². The number of nitrogens with zero attached hydrogens (tertiary/aromatic N) is 1. The summed E-state index contributed by atoms with van der Waals surface area (Å²) < 4.78 is 7.35. The van der Waals surface area contributed by atoms with Gasteiger partial charge in [0.25, 0.3) is 0 Å². The van der Waals surface area contributed by atoms with Crippen LogP contribution in [0.1, 0.15) is 18.9 Å². The van der Waals surface area contributed by atoms with Crippen LogP contribution < -0.4 is 4.74 Å². The third kappa shape index (κ3) is 2.32. The molecule has 18 heavy (non-hydrogen) atoms. The average molecular weight is 247 g/mol. The number of carbonyl (C=O) groups is 1. The van der Waals surface area contributed by atoms with Gasteiger partial charge >= 0.3 is 5.97 Å². The molecule has 1 aromatic carbocycles. The van der Waals surface area contributed by atoms with Gasteiger partial charge in [0, 0.05) is 30.1 Å². The van der Waals surface area contributed by atoms with Crippen LogP contribution in [-0.2, 0) is 17.8 Å². The highest BCUT2D eigenvalue weighted by atomic mass is 16.5. The molecule has 0 saturated heterocycles. The number of rotatable bonds is 5. The first-order chi connectivity index (χ1) is 8.65. The Morgan fingerprint density at radius 3 is 2.83 bits per heavy atom. The predicted molar refractivity (Wildman–Crippen MR) is 70.1 cm³/mol. The molecule has 0 fully saturated rings. The highest BCUT2D eigenvalue weighted by Crippen LogP contribution is 2.26. The monoisotopic (exact) mass is 247 g/mol. The Hall–Kier alpha value is -1.97. The molecule has 0 atom stereocenters. The van der Waals surface area contributed by atoms with Crippen LogP contribution in [0.2, 0.25) is 0 Å². The van der Waals surface area contributed by atoms with Crippen molar-refractivity contribution < 1.29 is 14.6 Å². The van der Waals surface area contributed by atoms with E-state index in [0.29, 0.717) is 6.42 Å². The molecule has 0 aliphatic carbocycles. The second kappa shape index (κ2) is 5.12. The maximum atomic E-state index is 10.7.